The van der Waals surface area contributed by atoms with E-state index in [-0.39, 0.29) is 24.8 Å². The second-order valence-electron chi connectivity index (χ2n) is 5.10. The zero-order valence-electron chi connectivity index (χ0n) is 11.0. The number of rotatable bonds is 6. The molecule has 1 aliphatic carbocycles. The highest BCUT2D eigenvalue weighted by Crippen LogP contribution is 2.23. The Morgan fingerprint density at radius 3 is 2.32 bits per heavy atom. The number of primary amides is 1. The number of hydrogen-bond acceptors (Lipinski definition) is 3. The molecule has 0 saturated heterocycles. The maximum absolute atomic E-state index is 12.2. The topological polar surface area (TPSA) is 63.4 Å². The Hall–Kier alpha value is -1.68. The van der Waals surface area contributed by atoms with Crippen molar-refractivity contribution in [1.29, 1.82) is 0 Å². The Balaban J connectivity index is 2.02. The minimum absolute atomic E-state index is 0.0498. The summed E-state index contributed by atoms with van der Waals surface area (Å²) in [5.41, 5.74) is 5.97. The van der Waals surface area contributed by atoms with Gasteiger partial charge in [-0.3, -0.25) is 14.5 Å². The molecule has 1 amide bonds. The third kappa shape index (κ3) is 3.89. The zero-order valence-corrected chi connectivity index (χ0v) is 11.0. The molecule has 1 fully saturated rings. The predicted molar refractivity (Wildman–Crippen MR) is 73.8 cm³/mol. The summed E-state index contributed by atoms with van der Waals surface area (Å²) in [6.07, 6.45) is 4.43. The first-order valence-electron chi connectivity index (χ1n) is 6.77. The number of ketones is 1. The van der Waals surface area contributed by atoms with Crippen LogP contribution in [0.15, 0.2) is 30.3 Å². The first kappa shape index (κ1) is 13.7. The van der Waals surface area contributed by atoms with Crippen molar-refractivity contribution in [3.05, 3.63) is 35.9 Å². The van der Waals surface area contributed by atoms with E-state index in [0.717, 1.165) is 12.8 Å². The summed E-state index contributed by atoms with van der Waals surface area (Å²) in [6, 6.07) is 9.51. The summed E-state index contributed by atoms with van der Waals surface area (Å²) in [6.45, 7) is 0.445. The van der Waals surface area contributed by atoms with Gasteiger partial charge in [-0.1, -0.05) is 43.2 Å². The van der Waals surface area contributed by atoms with Gasteiger partial charge in [0.15, 0.2) is 5.78 Å². The van der Waals surface area contributed by atoms with Gasteiger partial charge in [0.05, 0.1) is 13.1 Å². The minimum atomic E-state index is -0.368. The van der Waals surface area contributed by atoms with E-state index in [1.165, 1.54) is 12.8 Å². The standard InChI is InChI=1S/C15H20N2O2/c16-15(19)11-17(13-8-4-5-9-13)10-14(18)12-6-2-1-3-7-12/h1-3,6-7,13H,4-5,8-11H2,(H2,16,19). The first-order valence-corrected chi connectivity index (χ1v) is 6.77. The number of hydrogen-bond donors (Lipinski definition) is 1. The van der Waals surface area contributed by atoms with Crippen LogP contribution >= 0.6 is 0 Å². The fourth-order valence-electron chi connectivity index (χ4n) is 2.68. The summed E-state index contributed by atoms with van der Waals surface area (Å²) in [5, 5.41) is 0. The third-order valence-electron chi connectivity index (χ3n) is 3.64. The monoisotopic (exact) mass is 260 g/mol. The number of benzene rings is 1. The molecule has 102 valence electrons. The Bertz CT molecular complexity index is 439. The van der Waals surface area contributed by atoms with Crippen molar-refractivity contribution in [1.82, 2.24) is 4.90 Å². The van der Waals surface area contributed by atoms with E-state index in [1.54, 1.807) is 12.1 Å². The molecule has 0 spiro atoms. The van der Waals surface area contributed by atoms with Crippen molar-refractivity contribution in [3.63, 3.8) is 0 Å². The maximum atomic E-state index is 12.2. The van der Waals surface area contributed by atoms with E-state index in [0.29, 0.717) is 11.6 Å². The molecule has 1 aliphatic rings. The highest BCUT2D eigenvalue weighted by molar-refractivity contribution is 5.97. The van der Waals surface area contributed by atoms with E-state index in [4.69, 9.17) is 5.73 Å². The lowest BCUT2D eigenvalue weighted by atomic mass is 10.1. The molecule has 0 atom stereocenters. The lowest BCUT2D eigenvalue weighted by Gasteiger charge is -2.26. The molecule has 0 aliphatic heterocycles. The van der Waals surface area contributed by atoms with Crippen molar-refractivity contribution in [2.75, 3.05) is 13.1 Å². The molecule has 0 heterocycles. The van der Waals surface area contributed by atoms with Crippen LogP contribution in [0.25, 0.3) is 0 Å². The fourth-order valence-corrected chi connectivity index (χ4v) is 2.68. The van der Waals surface area contributed by atoms with Gasteiger partial charge in [0.2, 0.25) is 5.91 Å². The van der Waals surface area contributed by atoms with Gasteiger partial charge in [0.25, 0.3) is 0 Å². The minimum Gasteiger partial charge on any atom is -0.369 e. The molecular formula is C15H20N2O2. The van der Waals surface area contributed by atoms with E-state index >= 15 is 0 Å². The normalized spacial score (nSPS) is 15.8. The molecule has 0 unspecified atom stereocenters. The Morgan fingerprint density at radius 1 is 1.11 bits per heavy atom. The molecule has 4 heteroatoms. The fraction of sp³-hybridized carbons (Fsp3) is 0.467. The Morgan fingerprint density at radius 2 is 1.74 bits per heavy atom. The molecule has 1 aromatic carbocycles. The molecule has 0 bridgehead atoms. The summed E-state index contributed by atoms with van der Waals surface area (Å²) in [7, 11) is 0. The number of nitrogens with two attached hydrogens (primary N) is 1. The number of amides is 1. The average molecular weight is 260 g/mol. The number of carbonyl (C=O) groups is 2. The molecule has 2 N–H and O–H groups in total. The van der Waals surface area contributed by atoms with Crippen LogP contribution < -0.4 is 5.73 Å². The summed E-state index contributed by atoms with van der Waals surface area (Å²) >= 11 is 0. The average Bonchev–Trinajstić information content (AvgIpc) is 2.92. The van der Waals surface area contributed by atoms with Gasteiger partial charge >= 0.3 is 0 Å². The van der Waals surface area contributed by atoms with Gasteiger partial charge in [0, 0.05) is 11.6 Å². The zero-order chi connectivity index (χ0) is 13.7. The number of nitrogens with zero attached hydrogens (tertiary/aromatic N) is 1. The predicted octanol–water partition coefficient (Wildman–Crippen LogP) is 1.60. The van der Waals surface area contributed by atoms with Crippen LogP contribution in [-0.4, -0.2) is 35.7 Å². The second-order valence-corrected chi connectivity index (χ2v) is 5.10. The highest BCUT2D eigenvalue weighted by atomic mass is 16.1. The van der Waals surface area contributed by atoms with Crippen molar-refractivity contribution in [2.24, 2.45) is 5.73 Å². The largest absolute Gasteiger partial charge is 0.369 e. The molecule has 1 aromatic rings. The van der Waals surface area contributed by atoms with Crippen LogP contribution in [0, 0.1) is 0 Å². The SMILES string of the molecule is NC(=O)CN(CC(=O)c1ccccc1)C1CCCC1. The van der Waals surface area contributed by atoms with Gasteiger partial charge in [-0.25, -0.2) is 0 Å². The smallest absolute Gasteiger partial charge is 0.231 e. The van der Waals surface area contributed by atoms with Crippen LogP contribution in [0.5, 0.6) is 0 Å². The van der Waals surface area contributed by atoms with Gasteiger partial charge in [-0.05, 0) is 12.8 Å². The van der Waals surface area contributed by atoms with Crippen LogP contribution in [-0.2, 0) is 4.79 Å². The molecule has 2 rings (SSSR count). The Labute approximate surface area is 113 Å². The summed E-state index contributed by atoms with van der Waals surface area (Å²) in [4.78, 5) is 25.3. The van der Waals surface area contributed by atoms with E-state index < -0.39 is 0 Å². The van der Waals surface area contributed by atoms with Crippen LogP contribution in [0.1, 0.15) is 36.0 Å². The van der Waals surface area contributed by atoms with Crippen molar-refractivity contribution < 1.29 is 9.59 Å². The van der Waals surface area contributed by atoms with Crippen molar-refractivity contribution >= 4 is 11.7 Å². The van der Waals surface area contributed by atoms with Gasteiger partial charge in [-0.2, -0.15) is 0 Å². The van der Waals surface area contributed by atoms with Crippen LogP contribution in [0.4, 0.5) is 0 Å². The van der Waals surface area contributed by atoms with E-state index in [9.17, 15) is 9.59 Å². The Kier molecular flexibility index (Phi) is 4.68. The molecule has 0 radical (unpaired) electrons. The van der Waals surface area contributed by atoms with Crippen LogP contribution in [0.2, 0.25) is 0 Å². The first-order chi connectivity index (χ1) is 9.16. The quantitative estimate of drug-likeness (QED) is 0.790. The molecule has 19 heavy (non-hydrogen) atoms. The van der Waals surface area contributed by atoms with E-state index in [2.05, 4.69) is 0 Å². The molecule has 0 aromatic heterocycles. The summed E-state index contributed by atoms with van der Waals surface area (Å²) in [5.74, 6) is -0.318. The maximum Gasteiger partial charge on any atom is 0.231 e. The number of carbonyl (C=O) groups excluding carboxylic acids is 2. The van der Waals surface area contributed by atoms with Gasteiger partial charge < -0.3 is 5.73 Å². The van der Waals surface area contributed by atoms with Crippen molar-refractivity contribution in [2.45, 2.75) is 31.7 Å². The summed E-state index contributed by atoms with van der Waals surface area (Å²) < 4.78 is 0. The number of Topliss-reactive ketones (excluding diaryl/α,β-unsaturated/α-hetero) is 1. The van der Waals surface area contributed by atoms with Gasteiger partial charge in [0.1, 0.15) is 0 Å². The molecular weight excluding hydrogens is 240 g/mol. The molecule has 4 nitrogen and oxygen atoms in total. The lowest BCUT2D eigenvalue weighted by Crippen LogP contribution is -2.43. The highest BCUT2D eigenvalue weighted by Gasteiger charge is 2.25. The second kappa shape index (κ2) is 6.48. The third-order valence-corrected chi connectivity index (χ3v) is 3.64. The molecule has 1 saturated carbocycles. The van der Waals surface area contributed by atoms with Crippen molar-refractivity contribution in [3.8, 4) is 0 Å². The lowest BCUT2D eigenvalue weighted by molar-refractivity contribution is -0.119. The van der Waals surface area contributed by atoms with E-state index in [1.807, 2.05) is 23.1 Å². The van der Waals surface area contributed by atoms with Gasteiger partial charge in [-0.15, -0.1) is 0 Å². The van der Waals surface area contributed by atoms with Crippen LogP contribution in [0.3, 0.4) is 0 Å².